The molecule has 0 saturated heterocycles. The van der Waals surface area contributed by atoms with Crippen LogP contribution in [0.3, 0.4) is 0 Å². The molecule has 2 unspecified atom stereocenters. The van der Waals surface area contributed by atoms with Crippen molar-refractivity contribution in [2.24, 2.45) is 0 Å². The summed E-state index contributed by atoms with van der Waals surface area (Å²) < 4.78 is 58.6. The van der Waals surface area contributed by atoms with E-state index in [0.29, 0.717) is 29.8 Å². The van der Waals surface area contributed by atoms with Gasteiger partial charge in [-0.2, -0.15) is 0 Å². The topological polar surface area (TPSA) is 137 Å². The van der Waals surface area contributed by atoms with Crippen molar-refractivity contribution in [3.05, 3.63) is 60.0 Å². The van der Waals surface area contributed by atoms with Crippen molar-refractivity contribution in [1.29, 1.82) is 0 Å². The van der Waals surface area contributed by atoms with Crippen LogP contribution in [0.1, 0.15) is 32.8 Å². The van der Waals surface area contributed by atoms with Crippen LogP contribution in [0.25, 0.3) is 34.3 Å². The Morgan fingerprint density at radius 1 is 1.08 bits per heavy atom. The Morgan fingerprint density at radius 3 is 2.45 bits per heavy atom. The predicted octanol–water partition coefficient (Wildman–Crippen LogP) is 4.60. The number of hydrogen-bond acceptors (Lipinski definition) is 9. The molecule has 2 aromatic heterocycles. The fourth-order valence-corrected chi connectivity index (χ4v) is 5.07. The van der Waals surface area contributed by atoms with Crippen LogP contribution in [-0.2, 0) is 16.4 Å². The van der Waals surface area contributed by atoms with Crippen LogP contribution < -0.4 is 11.1 Å². The number of aromatic nitrogens is 4. The Kier molecular flexibility index (Phi) is 8.12. The molecule has 0 saturated carbocycles. The van der Waals surface area contributed by atoms with Crippen LogP contribution in [-0.4, -0.2) is 46.5 Å². The van der Waals surface area contributed by atoms with Gasteiger partial charge in [0.2, 0.25) is 0 Å². The zero-order valence-corrected chi connectivity index (χ0v) is 22.0. The van der Waals surface area contributed by atoms with Gasteiger partial charge in [0.25, 0.3) is 11.8 Å². The minimum absolute atomic E-state index is 0.0314. The van der Waals surface area contributed by atoms with Crippen LogP contribution in [0.4, 0.5) is 14.6 Å². The lowest BCUT2D eigenvalue weighted by Crippen LogP contribution is -2.21. The summed E-state index contributed by atoms with van der Waals surface area (Å²) in [5.74, 6) is -0.664. The Balaban J connectivity index is 1.58. The molecule has 0 amide bonds. The molecule has 0 fully saturated rings. The van der Waals surface area contributed by atoms with E-state index in [0.717, 1.165) is 0 Å². The van der Waals surface area contributed by atoms with Gasteiger partial charge in [0.15, 0.2) is 21.3 Å². The summed E-state index contributed by atoms with van der Waals surface area (Å²) in [5, 5.41) is 10.3. The largest absolute Gasteiger partial charge is 0.414 e. The van der Waals surface area contributed by atoms with Crippen LogP contribution in [0.15, 0.2) is 58.0 Å². The first-order valence-electron chi connectivity index (χ1n) is 12.0. The van der Waals surface area contributed by atoms with Crippen molar-refractivity contribution in [1.82, 2.24) is 25.5 Å². The normalized spacial score (nSPS) is 13.4. The summed E-state index contributed by atoms with van der Waals surface area (Å²) in [6.45, 7) is 5.41. The van der Waals surface area contributed by atoms with E-state index in [9.17, 15) is 17.2 Å². The fraction of sp³-hybridized carbons (Fsp3) is 0.308. The highest BCUT2D eigenvalue weighted by Crippen LogP contribution is 2.30. The maximum atomic E-state index is 14.8. The van der Waals surface area contributed by atoms with Gasteiger partial charge in [-0.3, -0.25) is 0 Å². The molecule has 0 aliphatic carbocycles. The SMILES string of the molecule is CCC(C)S(=O)(=O)c1ccc(-c2cnc(N)c(-c3nnc(-c4ccc(CNCC(C)F)cc4F)o3)n2)cc1. The Hall–Kier alpha value is -3.77. The van der Waals surface area contributed by atoms with E-state index in [2.05, 4.69) is 25.5 Å². The van der Waals surface area contributed by atoms with E-state index in [4.69, 9.17) is 10.2 Å². The molecular formula is C26H28F2N6O3S. The highest BCUT2D eigenvalue weighted by atomic mass is 32.2. The minimum atomic E-state index is -3.42. The fourth-order valence-electron chi connectivity index (χ4n) is 3.65. The number of sulfone groups is 1. The highest BCUT2D eigenvalue weighted by Gasteiger charge is 2.22. The van der Waals surface area contributed by atoms with Crippen LogP contribution in [0.5, 0.6) is 0 Å². The molecule has 2 aromatic carbocycles. The molecule has 0 aliphatic heterocycles. The first kappa shape index (κ1) is 27.3. The van der Waals surface area contributed by atoms with Gasteiger partial charge in [0.05, 0.1) is 27.6 Å². The maximum absolute atomic E-state index is 14.8. The van der Waals surface area contributed by atoms with Crippen molar-refractivity contribution in [3.63, 3.8) is 0 Å². The molecule has 200 valence electrons. The average molecular weight is 543 g/mol. The summed E-state index contributed by atoms with van der Waals surface area (Å²) in [6.07, 6.45) is 0.952. The molecule has 38 heavy (non-hydrogen) atoms. The first-order chi connectivity index (χ1) is 18.1. The second kappa shape index (κ2) is 11.3. The molecule has 4 aromatic rings. The van der Waals surface area contributed by atoms with Gasteiger partial charge in [-0.1, -0.05) is 25.1 Å². The molecule has 0 radical (unpaired) electrons. The Bertz CT molecular complexity index is 1520. The monoisotopic (exact) mass is 542 g/mol. The molecule has 0 spiro atoms. The summed E-state index contributed by atoms with van der Waals surface area (Å²) in [4.78, 5) is 8.86. The van der Waals surface area contributed by atoms with Gasteiger partial charge in [-0.25, -0.2) is 27.2 Å². The number of nitrogens with one attached hydrogen (secondary N) is 1. The van der Waals surface area contributed by atoms with E-state index in [1.807, 2.05) is 6.92 Å². The van der Waals surface area contributed by atoms with Crippen molar-refractivity contribution in [2.75, 3.05) is 12.3 Å². The smallest absolute Gasteiger partial charge is 0.270 e. The predicted molar refractivity (Wildman–Crippen MR) is 140 cm³/mol. The Labute approximate surface area is 219 Å². The van der Waals surface area contributed by atoms with Gasteiger partial charge in [-0.05, 0) is 50.1 Å². The second-order valence-corrected chi connectivity index (χ2v) is 11.3. The minimum Gasteiger partial charge on any atom is -0.414 e. The number of halogens is 2. The Morgan fingerprint density at radius 2 is 1.79 bits per heavy atom. The number of rotatable bonds is 10. The molecule has 2 atom stereocenters. The number of hydrogen-bond donors (Lipinski definition) is 2. The summed E-state index contributed by atoms with van der Waals surface area (Å²) in [6, 6.07) is 10.8. The number of anilines is 1. The molecule has 0 aliphatic rings. The van der Waals surface area contributed by atoms with E-state index >= 15 is 0 Å². The number of alkyl halides is 1. The summed E-state index contributed by atoms with van der Waals surface area (Å²) >= 11 is 0. The molecule has 9 nitrogen and oxygen atoms in total. The highest BCUT2D eigenvalue weighted by molar-refractivity contribution is 7.92. The van der Waals surface area contributed by atoms with Crippen molar-refractivity contribution in [2.45, 2.75) is 50.1 Å². The van der Waals surface area contributed by atoms with Gasteiger partial charge < -0.3 is 15.5 Å². The van der Waals surface area contributed by atoms with Crippen LogP contribution >= 0.6 is 0 Å². The standard InChI is InChI=1S/C26H28F2N6O3S/c1-4-16(3)38(35,36)19-8-6-18(7-9-19)22-14-31-24(29)23(32-22)26-34-33-25(37-26)20-10-5-17(11-21(20)28)13-30-12-15(2)27/h5-11,14-16,30H,4,12-13H2,1-3H3,(H2,29,31). The van der Waals surface area contributed by atoms with Gasteiger partial charge >= 0.3 is 0 Å². The number of nitrogens with zero attached hydrogens (tertiary/aromatic N) is 4. The van der Waals surface area contributed by atoms with E-state index in [-0.39, 0.29) is 40.3 Å². The zero-order valence-electron chi connectivity index (χ0n) is 21.1. The third-order valence-electron chi connectivity index (χ3n) is 6.03. The van der Waals surface area contributed by atoms with Crippen LogP contribution in [0, 0.1) is 5.82 Å². The zero-order chi connectivity index (χ0) is 27.4. The lowest BCUT2D eigenvalue weighted by atomic mass is 10.1. The summed E-state index contributed by atoms with van der Waals surface area (Å²) in [7, 11) is -3.42. The third-order valence-corrected chi connectivity index (χ3v) is 8.35. The van der Waals surface area contributed by atoms with E-state index in [1.165, 1.54) is 37.4 Å². The molecule has 12 heteroatoms. The molecular weight excluding hydrogens is 514 g/mol. The van der Waals surface area contributed by atoms with Gasteiger partial charge in [0.1, 0.15) is 12.0 Å². The molecule has 2 heterocycles. The summed E-state index contributed by atoms with van der Waals surface area (Å²) in [5.41, 5.74) is 7.86. The maximum Gasteiger partial charge on any atom is 0.270 e. The number of nitrogens with two attached hydrogens (primary N) is 1. The first-order valence-corrected chi connectivity index (χ1v) is 13.6. The number of nitrogen functional groups attached to an aromatic ring is 1. The molecule has 4 rings (SSSR count). The second-order valence-electron chi connectivity index (χ2n) is 8.92. The van der Waals surface area contributed by atoms with Gasteiger partial charge in [-0.15, -0.1) is 10.2 Å². The lowest BCUT2D eigenvalue weighted by Gasteiger charge is -2.11. The van der Waals surface area contributed by atoms with Crippen molar-refractivity contribution in [3.8, 4) is 34.3 Å². The quantitative estimate of drug-likeness (QED) is 0.294. The lowest BCUT2D eigenvalue weighted by molar-refractivity contribution is 0.344. The van der Waals surface area contributed by atoms with Gasteiger partial charge in [0, 0.05) is 18.7 Å². The van der Waals surface area contributed by atoms with Crippen molar-refractivity contribution >= 4 is 15.7 Å². The third kappa shape index (κ3) is 5.86. The molecule has 3 N–H and O–H groups in total. The van der Waals surface area contributed by atoms with E-state index < -0.39 is 27.1 Å². The average Bonchev–Trinajstić information content (AvgIpc) is 3.38. The number of benzene rings is 2. The van der Waals surface area contributed by atoms with E-state index in [1.54, 1.807) is 25.1 Å². The van der Waals surface area contributed by atoms with Crippen LogP contribution in [0.2, 0.25) is 0 Å². The van der Waals surface area contributed by atoms with Crippen molar-refractivity contribution < 1.29 is 21.6 Å². The molecule has 0 bridgehead atoms.